The van der Waals surface area contributed by atoms with Crippen molar-refractivity contribution in [1.82, 2.24) is 0 Å². The number of hydrogen-bond acceptors (Lipinski definition) is 2. The van der Waals surface area contributed by atoms with E-state index in [1.54, 1.807) is 0 Å². The van der Waals surface area contributed by atoms with Crippen LogP contribution in [0.5, 0.6) is 0 Å². The Bertz CT molecular complexity index is 1240. The molecular formula is C29H29ClN2. The van der Waals surface area contributed by atoms with Gasteiger partial charge in [-0.3, -0.25) is 0 Å². The van der Waals surface area contributed by atoms with Gasteiger partial charge < -0.3 is 10.2 Å². The van der Waals surface area contributed by atoms with Gasteiger partial charge in [-0.1, -0.05) is 35.9 Å². The van der Waals surface area contributed by atoms with Crippen LogP contribution in [-0.2, 0) is 0 Å². The second-order valence-corrected chi connectivity index (χ2v) is 9.16. The second kappa shape index (κ2) is 9.10. The van der Waals surface area contributed by atoms with Gasteiger partial charge >= 0.3 is 0 Å². The summed E-state index contributed by atoms with van der Waals surface area (Å²) in [4.78, 5) is 2.27. The van der Waals surface area contributed by atoms with Crippen molar-refractivity contribution in [3.05, 3.63) is 112 Å². The Morgan fingerprint density at radius 1 is 0.531 bits per heavy atom. The fourth-order valence-electron chi connectivity index (χ4n) is 4.28. The SMILES string of the molecule is Cc1cc(C)cc(Nc2cc(Cl)cc(N(c3cccc(C)c3)c3cc(C)cc(C)c3)c2)c1. The largest absolute Gasteiger partial charge is 0.355 e. The van der Waals surface area contributed by atoms with E-state index in [0.717, 1.165) is 28.4 Å². The molecule has 162 valence electrons. The average molecular weight is 441 g/mol. The molecule has 4 aromatic rings. The van der Waals surface area contributed by atoms with Crippen molar-refractivity contribution in [3.63, 3.8) is 0 Å². The van der Waals surface area contributed by atoms with Gasteiger partial charge in [-0.15, -0.1) is 0 Å². The zero-order valence-electron chi connectivity index (χ0n) is 19.3. The molecule has 1 N–H and O–H groups in total. The molecule has 3 heteroatoms. The van der Waals surface area contributed by atoms with Crippen LogP contribution in [-0.4, -0.2) is 0 Å². The van der Waals surface area contributed by atoms with Crippen LogP contribution in [0, 0.1) is 34.6 Å². The van der Waals surface area contributed by atoms with Gasteiger partial charge in [0.1, 0.15) is 0 Å². The Balaban J connectivity index is 1.84. The zero-order chi connectivity index (χ0) is 22.8. The smallest absolute Gasteiger partial charge is 0.0497 e. The first-order valence-corrected chi connectivity index (χ1v) is 11.3. The predicted molar refractivity (Wildman–Crippen MR) is 140 cm³/mol. The van der Waals surface area contributed by atoms with Gasteiger partial charge in [-0.25, -0.2) is 0 Å². The zero-order valence-corrected chi connectivity index (χ0v) is 20.1. The maximum Gasteiger partial charge on any atom is 0.0497 e. The highest BCUT2D eigenvalue weighted by atomic mass is 35.5. The summed E-state index contributed by atoms with van der Waals surface area (Å²) < 4.78 is 0. The molecule has 4 aromatic carbocycles. The number of nitrogens with one attached hydrogen (secondary N) is 1. The molecule has 0 atom stereocenters. The molecule has 0 aromatic heterocycles. The highest BCUT2D eigenvalue weighted by Gasteiger charge is 2.15. The Morgan fingerprint density at radius 2 is 1.06 bits per heavy atom. The van der Waals surface area contributed by atoms with Gasteiger partial charge in [-0.05, 0) is 117 Å². The second-order valence-electron chi connectivity index (χ2n) is 8.72. The summed E-state index contributed by atoms with van der Waals surface area (Å²) in [5.74, 6) is 0. The lowest BCUT2D eigenvalue weighted by Crippen LogP contribution is -2.11. The van der Waals surface area contributed by atoms with E-state index in [1.165, 1.54) is 27.8 Å². The predicted octanol–water partition coefficient (Wildman–Crippen LogP) is 9.10. The Morgan fingerprint density at radius 3 is 1.69 bits per heavy atom. The summed E-state index contributed by atoms with van der Waals surface area (Å²) in [5.41, 5.74) is 11.4. The maximum atomic E-state index is 6.62. The van der Waals surface area contributed by atoms with Crippen LogP contribution in [0.3, 0.4) is 0 Å². The number of rotatable bonds is 5. The molecule has 0 aliphatic rings. The monoisotopic (exact) mass is 440 g/mol. The van der Waals surface area contributed by atoms with Crippen LogP contribution in [0.1, 0.15) is 27.8 Å². The third-order valence-electron chi connectivity index (χ3n) is 5.38. The number of aryl methyl sites for hydroxylation is 5. The third kappa shape index (κ3) is 5.15. The number of benzene rings is 4. The molecule has 4 rings (SSSR count). The van der Waals surface area contributed by atoms with Gasteiger partial charge in [0, 0.05) is 33.5 Å². The molecular weight excluding hydrogens is 412 g/mol. The van der Waals surface area contributed by atoms with Crippen LogP contribution in [0.4, 0.5) is 28.4 Å². The minimum atomic E-state index is 0.691. The molecule has 0 unspecified atom stereocenters. The van der Waals surface area contributed by atoms with Crippen LogP contribution in [0.2, 0.25) is 5.02 Å². The topological polar surface area (TPSA) is 15.3 Å². The molecule has 0 saturated carbocycles. The minimum absolute atomic E-state index is 0.691. The lowest BCUT2D eigenvalue weighted by molar-refractivity contribution is 1.24. The Hall–Kier alpha value is -3.23. The van der Waals surface area contributed by atoms with Crippen molar-refractivity contribution in [3.8, 4) is 0 Å². The lowest BCUT2D eigenvalue weighted by Gasteiger charge is -2.27. The molecule has 2 nitrogen and oxygen atoms in total. The lowest BCUT2D eigenvalue weighted by atomic mass is 10.1. The molecule has 0 fully saturated rings. The molecule has 0 aliphatic carbocycles. The van der Waals surface area contributed by atoms with Gasteiger partial charge in [0.05, 0.1) is 0 Å². The summed E-state index contributed by atoms with van der Waals surface area (Å²) in [6, 6.07) is 27.8. The Kier molecular flexibility index (Phi) is 6.25. The van der Waals surface area contributed by atoms with Crippen molar-refractivity contribution < 1.29 is 0 Å². The van der Waals surface area contributed by atoms with Crippen LogP contribution >= 0.6 is 11.6 Å². The first kappa shape index (κ1) is 22.0. The van der Waals surface area contributed by atoms with E-state index in [4.69, 9.17) is 11.6 Å². The van der Waals surface area contributed by atoms with E-state index in [-0.39, 0.29) is 0 Å². The van der Waals surface area contributed by atoms with Crippen molar-refractivity contribution in [2.75, 3.05) is 10.2 Å². The van der Waals surface area contributed by atoms with E-state index in [0.29, 0.717) is 5.02 Å². The maximum absolute atomic E-state index is 6.62. The van der Waals surface area contributed by atoms with Crippen molar-refractivity contribution >= 4 is 40.0 Å². The van der Waals surface area contributed by atoms with Crippen molar-refractivity contribution in [2.45, 2.75) is 34.6 Å². The van der Waals surface area contributed by atoms with Crippen molar-refractivity contribution in [2.24, 2.45) is 0 Å². The summed E-state index contributed by atoms with van der Waals surface area (Å²) >= 11 is 6.62. The normalized spacial score (nSPS) is 10.8. The quantitative estimate of drug-likeness (QED) is 0.332. The first-order valence-electron chi connectivity index (χ1n) is 10.9. The molecule has 0 aliphatic heterocycles. The molecule has 0 saturated heterocycles. The van der Waals surface area contributed by atoms with E-state index in [9.17, 15) is 0 Å². The van der Waals surface area contributed by atoms with Gasteiger partial charge in [0.15, 0.2) is 0 Å². The van der Waals surface area contributed by atoms with Gasteiger partial charge in [-0.2, -0.15) is 0 Å². The van der Waals surface area contributed by atoms with E-state index >= 15 is 0 Å². The van der Waals surface area contributed by atoms with Crippen LogP contribution in [0.25, 0.3) is 0 Å². The van der Waals surface area contributed by atoms with Crippen molar-refractivity contribution in [1.29, 1.82) is 0 Å². The molecule has 0 bridgehead atoms. The summed E-state index contributed by atoms with van der Waals surface area (Å²) in [5, 5.41) is 4.24. The Labute approximate surface area is 196 Å². The molecule has 0 heterocycles. The summed E-state index contributed by atoms with van der Waals surface area (Å²) in [6.45, 7) is 10.6. The average Bonchev–Trinajstić information content (AvgIpc) is 2.66. The number of anilines is 5. The van der Waals surface area contributed by atoms with Crippen LogP contribution < -0.4 is 10.2 Å². The van der Waals surface area contributed by atoms with E-state index in [2.05, 4.69) is 112 Å². The molecule has 0 spiro atoms. The third-order valence-corrected chi connectivity index (χ3v) is 5.59. The summed E-state index contributed by atoms with van der Waals surface area (Å²) in [6.07, 6.45) is 0. The number of nitrogens with zero attached hydrogens (tertiary/aromatic N) is 1. The van der Waals surface area contributed by atoms with E-state index < -0.39 is 0 Å². The van der Waals surface area contributed by atoms with Crippen LogP contribution in [0.15, 0.2) is 78.9 Å². The molecule has 0 radical (unpaired) electrons. The fourth-order valence-corrected chi connectivity index (χ4v) is 4.51. The van der Waals surface area contributed by atoms with E-state index in [1.807, 2.05) is 12.1 Å². The highest BCUT2D eigenvalue weighted by Crippen LogP contribution is 2.39. The van der Waals surface area contributed by atoms with Gasteiger partial charge in [0.2, 0.25) is 0 Å². The molecule has 0 amide bonds. The number of hydrogen-bond donors (Lipinski definition) is 1. The standard InChI is InChI=1S/C29H29ClN2/c1-19-7-6-8-27(13-19)32(28-14-22(4)10-23(5)15-28)29-17-24(30)16-26(18-29)31-25-11-20(2)9-21(3)12-25/h6-18,31H,1-5H3. The molecule has 32 heavy (non-hydrogen) atoms. The first-order chi connectivity index (χ1) is 15.3. The summed E-state index contributed by atoms with van der Waals surface area (Å²) in [7, 11) is 0. The fraction of sp³-hybridized carbons (Fsp3) is 0.172. The minimum Gasteiger partial charge on any atom is -0.355 e. The highest BCUT2D eigenvalue weighted by molar-refractivity contribution is 6.31. The number of halogens is 1. The van der Waals surface area contributed by atoms with Gasteiger partial charge in [0.25, 0.3) is 0 Å².